The fourth-order valence-electron chi connectivity index (χ4n) is 2.63. The largest absolute Gasteiger partial charge is 0.444 e. The highest BCUT2D eigenvalue weighted by Crippen LogP contribution is 2.23. The predicted molar refractivity (Wildman–Crippen MR) is 93.2 cm³/mol. The minimum absolute atomic E-state index is 0.0111. The first kappa shape index (κ1) is 18.0. The number of amides is 1. The van der Waals surface area contributed by atoms with Gasteiger partial charge in [-0.2, -0.15) is 0 Å². The zero-order chi connectivity index (χ0) is 17.0. The highest BCUT2D eigenvalue weighted by Gasteiger charge is 2.30. The third kappa shape index (κ3) is 5.37. The normalized spacial score (nSPS) is 18.7. The second kappa shape index (κ2) is 7.51. The van der Waals surface area contributed by atoms with Crippen molar-refractivity contribution in [2.45, 2.75) is 51.7 Å². The van der Waals surface area contributed by atoms with Crippen LogP contribution in [0, 0.1) is 5.82 Å². The summed E-state index contributed by atoms with van der Waals surface area (Å²) in [6, 6.07) is 4.79. The molecular weight excluding hydrogens is 363 g/mol. The zero-order valence-corrected chi connectivity index (χ0v) is 15.5. The van der Waals surface area contributed by atoms with E-state index in [1.165, 1.54) is 6.07 Å². The van der Waals surface area contributed by atoms with Crippen molar-refractivity contribution in [2.24, 2.45) is 0 Å². The van der Waals surface area contributed by atoms with Crippen LogP contribution in [0.3, 0.4) is 0 Å². The van der Waals surface area contributed by atoms with Crippen LogP contribution in [-0.4, -0.2) is 35.7 Å². The maximum absolute atomic E-state index is 13.8. The summed E-state index contributed by atoms with van der Waals surface area (Å²) in [6.07, 6.45) is 2.63. The van der Waals surface area contributed by atoms with Gasteiger partial charge < -0.3 is 15.0 Å². The average Bonchev–Trinajstić information content (AvgIpc) is 2.47. The molecule has 1 heterocycles. The molecule has 1 amide bonds. The number of hydrogen-bond acceptors (Lipinski definition) is 3. The Morgan fingerprint density at radius 3 is 2.87 bits per heavy atom. The van der Waals surface area contributed by atoms with Crippen molar-refractivity contribution in [3.05, 3.63) is 28.5 Å². The number of benzene rings is 1. The van der Waals surface area contributed by atoms with Gasteiger partial charge in [-0.05, 0) is 58.2 Å². The fourth-order valence-corrected chi connectivity index (χ4v) is 3.00. The maximum Gasteiger partial charge on any atom is 0.410 e. The Kier molecular flexibility index (Phi) is 5.89. The molecule has 4 nitrogen and oxygen atoms in total. The number of ether oxygens (including phenoxy) is 1. The second-order valence-electron chi connectivity index (χ2n) is 6.83. The van der Waals surface area contributed by atoms with Crippen LogP contribution in [0.1, 0.15) is 40.0 Å². The van der Waals surface area contributed by atoms with Crippen molar-refractivity contribution in [1.29, 1.82) is 0 Å². The Bertz CT molecular complexity index is 560. The molecule has 0 aliphatic carbocycles. The van der Waals surface area contributed by atoms with Gasteiger partial charge in [0.2, 0.25) is 0 Å². The monoisotopic (exact) mass is 386 g/mol. The SMILES string of the molecule is CC(C)(C)OC(=O)N1CCCCC1CNc1cc(Br)ccc1F. The molecule has 1 fully saturated rings. The number of nitrogens with zero attached hydrogens (tertiary/aromatic N) is 1. The summed E-state index contributed by atoms with van der Waals surface area (Å²) in [6.45, 7) is 6.77. The average molecular weight is 387 g/mol. The first-order valence-corrected chi connectivity index (χ1v) is 8.74. The lowest BCUT2D eigenvalue weighted by Crippen LogP contribution is -2.48. The molecule has 1 aromatic carbocycles. The van der Waals surface area contributed by atoms with Gasteiger partial charge in [0.25, 0.3) is 0 Å². The molecule has 1 aliphatic rings. The molecule has 1 saturated heterocycles. The van der Waals surface area contributed by atoms with E-state index in [4.69, 9.17) is 4.74 Å². The molecule has 23 heavy (non-hydrogen) atoms. The van der Waals surface area contributed by atoms with Gasteiger partial charge in [-0.1, -0.05) is 15.9 Å². The first-order valence-electron chi connectivity index (χ1n) is 7.95. The van der Waals surface area contributed by atoms with E-state index in [1.807, 2.05) is 20.8 Å². The van der Waals surface area contributed by atoms with Gasteiger partial charge in [-0.25, -0.2) is 9.18 Å². The number of halogens is 2. The quantitative estimate of drug-likeness (QED) is 0.811. The Labute approximate surface area is 145 Å². The number of carbonyl (C=O) groups is 1. The smallest absolute Gasteiger partial charge is 0.410 e. The van der Waals surface area contributed by atoms with Gasteiger partial charge in [-0.15, -0.1) is 0 Å². The van der Waals surface area contributed by atoms with Crippen molar-refractivity contribution in [2.75, 3.05) is 18.4 Å². The molecule has 1 atom stereocenters. The molecule has 0 spiro atoms. The summed E-state index contributed by atoms with van der Waals surface area (Å²) in [7, 11) is 0. The van der Waals surface area contributed by atoms with E-state index < -0.39 is 5.60 Å². The third-order valence-corrected chi connectivity index (χ3v) is 4.20. The van der Waals surface area contributed by atoms with Gasteiger partial charge in [0.1, 0.15) is 11.4 Å². The highest BCUT2D eigenvalue weighted by atomic mass is 79.9. The number of carbonyl (C=O) groups excluding carboxylic acids is 1. The van der Waals surface area contributed by atoms with E-state index in [2.05, 4.69) is 21.2 Å². The molecule has 128 valence electrons. The van der Waals surface area contributed by atoms with Crippen LogP contribution in [0.25, 0.3) is 0 Å². The molecule has 1 aliphatic heterocycles. The number of nitrogens with one attached hydrogen (secondary N) is 1. The van der Waals surface area contributed by atoms with E-state index in [1.54, 1.807) is 17.0 Å². The van der Waals surface area contributed by atoms with Crippen molar-refractivity contribution in [3.63, 3.8) is 0 Å². The number of anilines is 1. The summed E-state index contributed by atoms with van der Waals surface area (Å²) in [5, 5.41) is 3.12. The van der Waals surface area contributed by atoms with Crippen LogP contribution in [0.4, 0.5) is 14.9 Å². The first-order chi connectivity index (χ1) is 10.8. The summed E-state index contributed by atoms with van der Waals surface area (Å²) in [5.74, 6) is -0.298. The molecule has 0 radical (unpaired) electrons. The van der Waals surface area contributed by atoms with Crippen LogP contribution in [-0.2, 0) is 4.74 Å². The van der Waals surface area contributed by atoms with Crippen LogP contribution >= 0.6 is 15.9 Å². The van der Waals surface area contributed by atoms with E-state index in [9.17, 15) is 9.18 Å². The van der Waals surface area contributed by atoms with Gasteiger partial charge in [0.15, 0.2) is 0 Å². The lowest BCUT2D eigenvalue weighted by atomic mass is 10.0. The Balaban J connectivity index is 2.01. The molecule has 0 bridgehead atoms. The topological polar surface area (TPSA) is 41.6 Å². The third-order valence-electron chi connectivity index (χ3n) is 3.71. The highest BCUT2D eigenvalue weighted by molar-refractivity contribution is 9.10. The summed E-state index contributed by atoms with van der Waals surface area (Å²) in [5.41, 5.74) is -0.0720. The molecule has 6 heteroatoms. The van der Waals surface area contributed by atoms with Gasteiger partial charge >= 0.3 is 6.09 Å². The van der Waals surface area contributed by atoms with Crippen molar-refractivity contribution >= 4 is 27.7 Å². The van der Waals surface area contributed by atoms with E-state index >= 15 is 0 Å². The Hall–Kier alpha value is -1.30. The fraction of sp³-hybridized carbons (Fsp3) is 0.588. The summed E-state index contributed by atoms with van der Waals surface area (Å²) in [4.78, 5) is 14.1. The van der Waals surface area contributed by atoms with Gasteiger partial charge in [-0.3, -0.25) is 0 Å². The van der Waals surface area contributed by atoms with E-state index in [0.717, 1.165) is 23.7 Å². The van der Waals surface area contributed by atoms with Crippen molar-refractivity contribution < 1.29 is 13.9 Å². The molecule has 0 saturated carbocycles. The van der Waals surface area contributed by atoms with Crippen molar-refractivity contribution in [1.82, 2.24) is 4.90 Å². The molecular formula is C17H24BrFN2O2. The summed E-state index contributed by atoms with van der Waals surface area (Å²) >= 11 is 3.34. The standard InChI is InChI=1S/C17H24BrFN2O2/c1-17(2,3)23-16(22)21-9-5-4-6-13(21)11-20-15-10-12(18)7-8-14(15)19/h7-8,10,13,20H,4-6,9,11H2,1-3H3. The van der Waals surface area contributed by atoms with Gasteiger partial charge in [0, 0.05) is 17.6 Å². The Morgan fingerprint density at radius 2 is 2.17 bits per heavy atom. The lowest BCUT2D eigenvalue weighted by Gasteiger charge is -2.37. The minimum atomic E-state index is -0.511. The summed E-state index contributed by atoms with van der Waals surface area (Å²) < 4.78 is 20.1. The lowest BCUT2D eigenvalue weighted by molar-refractivity contribution is 0.0114. The predicted octanol–water partition coefficient (Wildman–Crippen LogP) is 4.79. The Morgan fingerprint density at radius 1 is 1.43 bits per heavy atom. The minimum Gasteiger partial charge on any atom is -0.444 e. The number of hydrogen-bond donors (Lipinski definition) is 1. The molecule has 1 aromatic rings. The van der Waals surface area contributed by atoms with Crippen molar-refractivity contribution in [3.8, 4) is 0 Å². The van der Waals surface area contributed by atoms with Gasteiger partial charge in [0.05, 0.1) is 11.7 Å². The number of rotatable bonds is 3. The molecule has 1 N–H and O–H groups in total. The van der Waals surface area contributed by atoms with E-state index in [-0.39, 0.29) is 18.0 Å². The van der Waals surface area contributed by atoms with E-state index in [0.29, 0.717) is 18.8 Å². The molecule has 0 aromatic heterocycles. The molecule has 2 rings (SSSR count). The second-order valence-corrected chi connectivity index (χ2v) is 7.74. The number of likely N-dealkylation sites (tertiary alicyclic amines) is 1. The van der Waals surface area contributed by atoms with Crippen LogP contribution < -0.4 is 5.32 Å². The zero-order valence-electron chi connectivity index (χ0n) is 13.9. The van der Waals surface area contributed by atoms with Crippen LogP contribution in [0.5, 0.6) is 0 Å². The molecule has 1 unspecified atom stereocenters. The maximum atomic E-state index is 13.8. The number of piperidine rings is 1. The van der Waals surface area contributed by atoms with Crippen LogP contribution in [0.2, 0.25) is 0 Å². The van der Waals surface area contributed by atoms with Crippen LogP contribution in [0.15, 0.2) is 22.7 Å².